The molecule has 0 spiro atoms. The van der Waals surface area contributed by atoms with Crippen LogP contribution in [-0.2, 0) is 19.3 Å². The minimum Gasteiger partial charge on any atom is -0.246 e. The number of aliphatic imine (C=N–C) groups is 1. The smallest absolute Gasteiger partial charge is 0.246 e. The highest BCUT2D eigenvalue weighted by Crippen LogP contribution is 2.16. The molecule has 1 unspecified atom stereocenters. The molecule has 1 heterocycles. The molecular formula is C5H3Cl2NO4S2. The highest BCUT2D eigenvalue weighted by Gasteiger charge is 2.30. The van der Waals surface area contributed by atoms with Crippen LogP contribution in [0.5, 0.6) is 0 Å². The highest BCUT2D eigenvalue weighted by molar-refractivity contribution is 8.26. The van der Waals surface area contributed by atoms with E-state index in [1.807, 2.05) is 0 Å². The van der Waals surface area contributed by atoms with Gasteiger partial charge in [0.2, 0.25) is 10.3 Å². The Morgan fingerprint density at radius 1 is 1.43 bits per heavy atom. The molecule has 1 rings (SSSR count). The Morgan fingerprint density at radius 3 is 2.43 bits per heavy atom. The van der Waals surface area contributed by atoms with Gasteiger partial charge in [0.25, 0.3) is 9.05 Å². The molecule has 1 aliphatic rings. The Hall–Kier alpha value is -0.370. The molecule has 1 aliphatic heterocycles. The van der Waals surface area contributed by atoms with Crippen molar-refractivity contribution < 1.29 is 16.8 Å². The maximum atomic E-state index is 10.9. The molecule has 5 nitrogen and oxygen atoms in total. The van der Waals surface area contributed by atoms with Crippen LogP contribution in [0.25, 0.3) is 0 Å². The van der Waals surface area contributed by atoms with E-state index in [4.69, 9.17) is 22.3 Å². The molecule has 0 amide bonds. The van der Waals surface area contributed by atoms with Crippen LogP contribution in [0.2, 0.25) is 0 Å². The lowest BCUT2D eigenvalue weighted by molar-refractivity contribution is 0.619. The van der Waals surface area contributed by atoms with Crippen molar-refractivity contribution >= 4 is 51.5 Å². The molecular weight excluding hydrogens is 273 g/mol. The van der Waals surface area contributed by atoms with Gasteiger partial charge in [0.05, 0.1) is 4.86 Å². The third-order valence-electron chi connectivity index (χ3n) is 1.35. The van der Waals surface area contributed by atoms with E-state index in [9.17, 15) is 16.8 Å². The van der Waals surface area contributed by atoms with Gasteiger partial charge in [-0.1, -0.05) is 0 Å². The molecule has 0 saturated carbocycles. The quantitative estimate of drug-likeness (QED) is 0.358. The van der Waals surface area contributed by atoms with Crippen LogP contribution >= 0.6 is 22.3 Å². The predicted molar refractivity (Wildman–Crippen MR) is 54.9 cm³/mol. The zero-order valence-corrected chi connectivity index (χ0v) is 9.53. The summed E-state index contributed by atoms with van der Waals surface area (Å²) in [5.74, 6) is 0. The maximum absolute atomic E-state index is 10.9. The van der Waals surface area contributed by atoms with Gasteiger partial charge >= 0.3 is 0 Å². The van der Waals surface area contributed by atoms with Crippen LogP contribution in [0, 0.1) is 0 Å². The molecule has 0 aromatic carbocycles. The van der Waals surface area contributed by atoms with Crippen molar-refractivity contribution in [3.05, 3.63) is 12.3 Å². The van der Waals surface area contributed by atoms with E-state index in [1.165, 1.54) is 0 Å². The van der Waals surface area contributed by atoms with Gasteiger partial charge in [-0.3, -0.25) is 0 Å². The van der Waals surface area contributed by atoms with Gasteiger partial charge in [0, 0.05) is 16.9 Å². The van der Waals surface area contributed by atoms with Crippen molar-refractivity contribution in [2.24, 2.45) is 4.99 Å². The second-order valence-electron chi connectivity index (χ2n) is 2.22. The van der Waals surface area contributed by atoms with Crippen molar-refractivity contribution in [3.8, 4) is 0 Å². The van der Waals surface area contributed by atoms with Gasteiger partial charge in [-0.15, -0.1) is 11.6 Å². The summed E-state index contributed by atoms with van der Waals surface area (Å²) < 4.78 is 42.9. The summed E-state index contributed by atoms with van der Waals surface area (Å²) in [5.41, 5.74) is 0. The number of hydrogen-bond donors (Lipinski definition) is 0. The first kappa shape index (κ1) is 11.7. The van der Waals surface area contributed by atoms with Gasteiger partial charge in [-0.25, -0.2) is 13.4 Å². The second kappa shape index (κ2) is 4.01. The molecule has 9 heteroatoms. The fourth-order valence-electron chi connectivity index (χ4n) is 0.782. The molecule has 0 fully saturated rings. The summed E-state index contributed by atoms with van der Waals surface area (Å²) >= 11 is 5.55. The van der Waals surface area contributed by atoms with Crippen molar-refractivity contribution in [2.45, 2.75) is 5.38 Å². The molecule has 0 radical (unpaired) electrons. The van der Waals surface area contributed by atoms with Crippen molar-refractivity contribution in [3.63, 3.8) is 0 Å². The molecule has 0 aliphatic carbocycles. The van der Waals surface area contributed by atoms with Crippen LogP contribution in [0.15, 0.2) is 17.3 Å². The molecule has 14 heavy (non-hydrogen) atoms. The Balaban J connectivity index is 3.37. The third kappa shape index (κ3) is 2.35. The van der Waals surface area contributed by atoms with E-state index in [0.29, 0.717) is 0 Å². The SMILES string of the molecule is O=S(=O)=C1C=CN=C(S(=O)(=O)Cl)C1Cl. The van der Waals surface area contributed by atoms with E-state index in [1.54, 1.807) is 0 Å². The molecule has 0 aromatic heterocycles. The predicted octanol–water partition coefficient (Wildman–Crippen LogP) is 0.140. The second-order valence-corrected chi connectivity index (χ2v) is 6.11. The minimum atomic E-state index is -4.10. The topological polar surface area (TPSA) is 80.6 Å². The van der Waals surface area contributed by atoms with Crippen molar-refractivity contribution in [1.82, 2.24) is 0 Å². The number of alkyl halides is 1. The number of rotatable bonds is 0. The monoisotopic (exact) mass is 275 g/mol. The van der Waals surface area contributed by atoms with Crippen LogP contribution < -0.4 is 0 Å². The molecule has 78 valence electrons. The zero-order valence-electron chi connectivity index (χ0n) is 6.38. The summed E-state index contributed by atoms with van der Waals surface area (Å²) in [7, 11) is -1.70. The standard InChI is InChI=1S/C5H3Cl2NO4S2/c6-4-3(13(9)10)1-2-8-5(4)14(7,11)12/h1-2,4H. The van der Waals surface area contributed by atoms with Crippen molar-refractivity contribution in [2.75, 3.05) is 0 Å². The van der Waals surface area contributed by atoms with Crippen LogP contribution in [0.4, 0.5) is 0 Å². The molecule has 0 N–H and O–H groups in total. The number of nitrogens with zero attached hydrogens (tertiary/aromatic N) is 1. The lowest BCUT2D eigenvalue weighted by atomic mass is 10.3. The third-order valence-corrected chi connectivity index (χ3v) is 4.12. The molecule has 0 saturated heterocycles. The average molecular weight is 276 g/mol. The van der Waals surface area contributed by atoms with Gasteiger partial charge in [-0.2, -0.15) is 8.42 Å². The first-order chi connectivity index (χ1) is 6.34. The number of hydrogen-bond acceptors (Lipinski definition) is 5. The number of allylic oxidation sites excluding steroid dienone is 1. The van der Waals surface area contributed by atoms with Gasteiger partial charge in [0.15, 0.2) is 5.04 Å². The molecule has 1 atom stereocenters. The Bertz CT molecular complexity index is 534. The first-order valence-electron chi connectivity index (χ1n) is 3.13. The molecule has 0 aromatic rings. The minimum absolute atomic E-state index is 0.277. The zero-order chi connectivity index (χ0) is 10.9. The summed E-state index contributed by atoms with van der Waals surface area (Å²) in [6.45, 7) is 0. The van der Waals surface area contributed by atoms with Crippen LogP contribution in [0.3, 0.4) is 0 Å². The van der Waals surface area contributed by atoms with E-state index in [0.717, 1.165) is 12.3 Å². The lowest BCUT2D eigenvalue weighted by Gasteiger charge is -2.10. The summed E-state index contributed by atoms with van der Waals surface area (Å²) in [6, 6.07) is 0. The Kier molecular flexibility index (Phi) is 3.36. The van der Waals surface area contributed by atoms with Crippen LogP contribution in [-0.4, -0.2) is 32.1 Å². The summed E-state index contributed by atoms with van der Waals surface area (Å²) in [4.78, 5) is 3.13. The van der Waals surface area contributed by atoms with E-state index in [-0.39, 0.29) is 4.86 Å². The van der Waals surface area contributed by atoms with E-state index in [2.05, 4.69) is 4.99 Å². The summed E-state index contributed by atoms with van der Waals surface area (Å²) in [6.07, 6.45) is 2.12. The largest absolute Gasteiger partial charge is 0.276 e. The average Bonchev–Trinajstić information content (AvgIpc) is 2.01. The fraction of sp³-hybridized carbons (Fsp3) is 0.200. The van der Waals surface area contributed by atoms with Crippen LogP contribution in [0.1, 0.15) is 0 Å². The normalized spacial score (nSPS) is 22.0. The highest BCUT2D eigenvalue weighted by atomic mass is 35.7. The van der Waals surface area contributed by atoms with Gasteiger partial charge in [-0.05, 0) is 6.08 Å². The molecule has 0 bridgehead atoms. The maximum Gasteiger partial charge on any atom is 0.276 e. The summed E-state index contributed by atoms with van der Waals surface area (Å²) in [5, 5.41) is -1.94. The van der Waals surface area contributed by atoms with E-state index < -0.39 is 29.8 Å². The lowest BCUT2D eigenvalue weighted by Crippen LogP contribution is -2.30. The van der Waals surface area contributed by atoms with Crippen molar-refractivity contribution in [1.29, 1.82) is 0 Å². The fourth-order valence-corrected chi connectivity index (χ4v) is 3.09. The van der Waals surface area contributed by atoms with Gasteiger partial charge < -0.3 is 0 Å². The Morgan fingerprint density at radius 2 is 2.00 bits per heavy atom. The first-order valence-corrected chi connectivity index (χ1v) is 6.95. The van der Waals surface area contributed by atoms with E-state index >= 15 is 0 Å². The Labute approximate surface area is 91.0 Å². The number of halogens is 2. The van der Waals surface area contributed by atoms with Gasteiger partial charge in [0.1, 0.15) is 5.38 Å².